The minimum Gasteiger partial charge on any atom is -0.489 e. The van der Waals surface area contributed by atoms with E-state index in [2.05, 4.69) is 5.32 Å². The highest BCUT2D eigenvalue weighted by atomic mass is 19.1. The van der Waals surface area contributed by atoms with Gasteiger partial charge in [-0.2, -0.15) is 0 Å². The number of fused-ring (bicyclic) bond motifs is 1. The second kappa shape index (κ2) is 9.62. The molecule has 31 heavy (non-hydrogen) atoms. The fraction of sp³-hybridized carbons (Fsp3) is 0.435. The molecule has 2 N–H and O–H groups in total. The summed E-state index contributed by atoms with van der Waals surface area (Å²) in [4.78, 5) is 13.1. The summed E-state index contributed by atoms with van der Waals surface area (Å²) in [5, 5.41) is 13.3. The molecule has 1 saturated heterocycles. The summed E-state index contributed by atoms with van der Waals surface area (Å²) < 4.78 is 44.1. The van der Waals surface area contributed by atoms with Crippen LogP contribution in [-0.2, 0) is 4.74 Å². The van der Waals surface area contributed by atoms with Crippen molar-refractivity contribution in [3.63, 3.8) is 0 Å². The Hall–Kier alpha value is -2.71. The van der Waals surface area contributed by atoms with E-state index in [1.807, 2.05) is 0 Å². The number of nitrogens with one attached hydrogen (secondary N) is 1. The topological polar surface area (TPSA) is 80.9 Å². The average molecular weight is 435 g/mol. The van der Waals surface area contributed by atoms with Gasteiger partial charge in [0.25, 0.3) is 5.91 Å². The molecule has 6 nitrogen and oxygen atoms in total. The Labute approximate surface area is 179 Å². The Balaban J connectivity index is 1.87. The lowest BCUT2D eigenvalue weighted by Crippen LogP contribution is -2.54. The lowest BCUT2D eigenvalue weighted by Gasteiger charge is -2.36. The van der Waals surface area contributed by atoms with Crippen molar-refractivity contribution in [3.05, 3.63) is 52.8 Å². The lowest BCUT2D eigenvalue weighted by molar-refractivity contribution is 0.0125. The number of amides is 1. The Bertz CT molecular complexity index is 1010. The second-order valence-corrected chi connectivity index (χ2v) is 7.63. The molecule has 2 aromatic rings. The van der Waals surface area contributed by atoms with Gasteiger partial charge in [0.15, 0.2) is 0 Å². The summed E-state index contributed by atoms with van der Waals surface area (Å²) in [7, 11) is 0. The molecule has 168 valence electrons. The Morgan fingerprint density at radius 1 is 1.32 bits per heavy atom. The monoisotopic (exact) mass is 435 g/mol. The predicted molar refractivity (Wildman–Crippen MR) is 112 cm³/mol. The first-order valence-electron chi connectivity index (χ1n) is 10.1. The van der Waals surface area contributed by atoms with Crippen LogP contribution in [0.3, 0.4) is 0 Å². The van der Waals surface area contributed by atoms with Gasteiger partial charge in [-0.25, -0.2) is 8.78 Å². The number of aryl methyl sites for hydroxylation is 1. The number of furan rings is 1. The Morgan fingerprint density at radius 2 is 2.03 bits per heavy atom. The number of benzene rings is 1. The maximum absolute atomic E-state index is 13.9. The van der Waals surface area contributed by atoms with Crippen molar-refractivity contribution in [2.75, 3.05) is 26.4 Å². The van der Waals surface area contributed by atoms with Gasteiger partial charge in [0, 0.05) is 18.6 Å². The highest BCUT2D eigenvalue weighted by Gasteiger charge is 2.35. The van der Waals surface area contributed by atoms with Crippen molar-refractivity contribution >= 4 is 16.9 Å². The van der Waals surface area contributed by atoms with E-state index in [9.17, 15) is 18.7 Å². The van der Waals surface area contributed by atoms with Crippen LogP contribution in [0.1, 0.15) is 42.8 Å². The third-order valence-corrected chi connectivity index (χ3v) is 5.53. The molecule has 0 radical (unpaired) electrons. The van der Waals surface area contributed by atoms with Gasteiger partial charge in [-0.15, -0.1) is 0 Å². The molecule has 1 amide bonds. The van der Waals surface area contributed by atoms with Crippen LogP contribution in [0.5, 0.6) is 5.75 Å². The van der Waals surface area contributed by atoms with E-state index >= 15 is 0 Å². The van der Waals surface area contributed by atoms with Crippen LogP contribution < -0.4 is 10.1 Å². The van der Waals surface area contributed by atoms with E-state index < -0.39 is 17.2 Å². The van der Waals surface area contributed by atoms with Crippen LogP contribution in [0, 0.1) is 6.92 Å². The Morgan fingerprint density at radius 3 is 2.65 bits per heavy atom. The van der Waals surface area contributed by atoms with Crippen molar-refractivity contribution in [2.45, 2.75) is 39.2 Å². The molecule has 2 heterocycles. The number of ether oxygens (including phenoxy) is 2. The van der Waals surface area contributed by atoms with Crippen molar-refractivity contribution in [3.8, 4) is 5.75 Å². The van der Waals surface area contributed by atoms with Gasteiger partial charge in [-0.3, -0.25) is 4.79 Å². The summed E-state index contributed by atoms with van der Waals surface area (Å²) in [5.41, 5.74) is -0.107. The number of allylic oxidation sites excluding steroid dienone is 2. The third-order valence-electron chi connectivity index (χ3n) is 5.53. The molecule has 0 aliphatic carbocycles. The summed E-state index contributed by atoms with van der Waals surface area (Å²) in [6.45, 7) is 4.74. The summed E-state index contributed by atoms with van der Waals surface area (Å²) in [6, 6.07) is 4.86. The van der Waals surface area contributed by atoms with Gasteiger partial charge in [0.05, 0.1) is 23.3 Å². The molecule has 1 aromatic heterocycles. The number of hydrogen-bond donors (Lipinski definition) is 2. The van der Waals surface area contributed by atoms with E-state index in [1.54, 1.807) is 25.1 Å². The molecule has 1 aromatic carbocycles. The quantitative estimate of drug-likeness (QED) is 0.626. The van der Waals surface area contributed by atoms with Crippen molar-refractivity contribution < 1.29 is 32.6 Å². The first kappa shape index (κ1) is 23.0. The normalized spacial score (nSPS) is 17.4. The highest BCUT2D eigenvalue weighted by molar-refractivity contribution is 6.07. The minimum atomic E-state index is -0.748. The number of halogens is 2. The fourth-order valence-corrected chi connectivity index (χ4v) is 3.62. The molecule has 1 aliphatic heterocycles. The highest BCUT2D eigenvalue weighted by Crippen LogP contribution is 2.31. The third kappa shape index (κ3) is 4.97. The maximum Gasteiger partial charge on any atom is 0.255 e. The van der Waals surface area contributed by atoms with E-state index in [-0.39, 0.29) is 24.7 Å². The zero-order chi connectivity index (χ0) is 22.6. The van der Waals surface area contributed by atoms with Crippen LogP contribution in [0.4, 0.5) is 8.78 Å². The van der Waals surface area contributed by atoms with E-state index in [0.29, 0.717) is 54.1 Å². The number of carbonyl (C=O) groups is 1. The van der Waals surface area contributed by atoms with E-state index in [4.69, 9.17) is 13.9 Å². The fourth-order valence-electron chi connectivity index (χ4n) is 3.62. The average Bonchev–Trinajstić information content (AvgIpc) is 3.09. The molecule has 3 rings (SSSR count). The number of carbonyl (C=O) groups excluding carboxylic acids is 1. The van der Waals surface area contributed by atoms with Crippen molar-refractivity contribution in [2.24, 2.45) is 0 Å². The molecule has 0 unspecified atom stereocenters. The molecule has 0 saturated carbocycles. The molecule has 1 aliphatic rings. The first-order valence-corrected chi connectivity index (χ1v) is 10.1. The molecule has 8 heteroatoms. The largest absolute Gasteiger partial charge is 0.489 e. The minimum absolute atomic E-state index is 0.173. The summed E-state index contributed by atoms with van der Waals surface area (Å²) >= 11 is 0. The smallest absolute Gasteiger partial charge is 0.255 e. The van der Waals surface area contributed by atoms with E-state index in [0.717, 1.165) is 0 Å². The van der Waals surface area contributed by atoms with Crippen LogP contribution >= 0.6 is 0 Å². The lowest BCUT2D eigenvalue weighted by atomic mass is 9.90. The second-order valence-electron chi connectivity index (χ2n) is 7.63. The molecular formula is C23H27F2NO5. The maximum atomic E-state index is 13.9. The zero-order valence-corrected chi connectivity index (χ0v) is 17.9. The Kier molecular flexibility index (Phi) is 7.12. The summed E-state index contributed by atoms with van der Waals surface area (Å²) in [6.07, 6.45) is 2.18. The van der Waals surface area contributed by atoms with Gasteiger partial charge in [0.2, 0.25) is 0 Å². The van der Waals surface area contributed by atoms with Gasteiger partial charge in [0.1, 0.15) is 35.4 Å². The standard InChI is InChI=1S/C23H27F2NO5/c1-4-19(25)18(14(2)24)12-30-16-5-6-20-17(11-16)21(15(3)31-20)22(28)26-23(13-27)7-9-29-10-8-23/h4-6,11,27H,7-10,12-13H2,1-3H3,(H,26,28)/b18-14+,19-4+. The van der Waals surface area contributed by atoms with Gasteiger partial charge in [-0.1, -0.05) is 6.08 Å². The number of aliphatic hydroxyl groups is 1. The molecule has 0 atom stereocenters. The van der Waals surface area contributed by atoms with Gasteiger partial charge in [-0.05, 0) is 51.8 Å². The van der Waals surface area contributed by atoms with Gasteiger partial charge < -0.3 is 24.3 Å². The van der Waals surface area contributed by atoms with Crippen LogP contribution in [0.15, 0.2) is 45.9 Å². The number of hydrogen-bond acceptors (Lipinski definition) is 5. The zero-order valence-electron chi connectivity index (χ0n) is 17.9. The predicted octanol–water partition coefficient (Wildman–Crippen LogP) is 4.51. The molecule has 0 bridgehead atoms. The molecule has 1 fully saturated rings. The number of aliphatic hydroxyl groups excluding tert-OH is 1. The molecule has 0 spiro atoms. The van der Waals surface area contributed by atoms with Gasteiger partial charge >= 0.3 is 0 Å². The molecular weight excluding hydrogens is 408 g/mol. The van der Waals surface area contributed by atoms with E-state index in [1.165, 1.54) is 19.9 Å². The SMILES string of the molecule is C/C=C(F)\C(COc1ccc2oc(C)c(C(=O)NC3(CO)CCOCC3)c2c1)=C(/C)F. The first-order chi connectivity index (χ1) is 14.8. The van der Waals surface area contributed by atoms with Crippen LogP contribution in [0.25, 0.3) is 11.0 Å². The summed E-state index contributed by atoms with van der Waals surface area (Å²) in [5.74, 6) is -0.963. The van der Waals surface area contributed by atoms with Crippen LogP contribution in [0.2, 0.25) is 0 Å². The number of rotatable bonds is 7. The van der Waals surface area contributed by atoms with Crippen LogP contribution in [-0.4, -0.2) is 43.0 Å². The van der Waals surface area contributed by atoms with Crippen molar-refractivity contribution in [1.82, 2.24) is 5.32 Å². The van der Waals surface area contributed by atoms with Crippen molar-refractivity contribution in [1.29, 1.82) is 0 Å².